The molecule has 0 saturated heterocycles. The highest BCUT2D eigenvalue weighted by molar-refractivity contribution is 5.86. The van der Waals surface area contributed by atoms with Crippen molar-refractivity contribution in [2.45, 2.75) is 0 Å². The van der Waals surface area contributed by atoms with E-state index in [1.165, 1.54) is 5.39 Å². The quantitative estimate of drug-likeness (QED) is 0.387. The predicted molar refractivity (Wildman–Crippen MR) is 109 cm³/mol. The molecule has 0 bridgehead atoms. The Bertz CT molecular complexity index is 1250. The first-order valence-corrected chi connectivity index (χ1v) is 8.86. The minimum Gasteiger partial charge on any atom is -0.438 e. The number of fused-ring (bicyclic) bond motifs is 2. The highest BCUT2D eigenvalue weighted by atomic mass is 16.5. The van der Waals surface area contributed by atoms with Crippen LogP contribution in [0.5, 0.6) is 11.6 Å². The summed E-state index contributed by atoms with van der Waals surface area (Å²) < 4.78 is 6.21. The molecule has 5 rings (SSSR count). The molecule has 0 amide bonds. The van der Waals surface area contributed by atoms with Gasteiger partial charge in [0, 0.05) is 5.56 Å². The van der Waals surface area contributed by atoms with E-state index in [-0.39, 0.29) is 0 Å². The molecule has 0 aliphatic carbocycles. The third-order valence-electron chi connectivity index (χ3n) is 4.54. The molecule has 0 aliphatic rings. The second kappa shape index (κ2) is 6.54. The summed E-state index contributed by atoms with van der Waals surface area (Å²) in [7, 11) is 0. The fourth-order valence-electron chi connectivity index (χ4n) is 3.18. The summed E-state index contributed by atoms with van der Waals surface area (Å²) in [5.41, 5.74) is 1.83. The Morgan fingerprint density at radius 2 is 1.33 bits per heavy atom. The lowest BCUT2D eigenvalue weighted by atomic mass is 10.1. The molecular weight excluding hydrogens is 332 g/mol. The summed E-state index contributed by atoms with van der Waals surface area (Å²) >= 11 is 0. The fraction of sp³-hybridized carbons (Fsp3) is 0. The average molecular weight is 348 g/mol. The van der Waals surface area contributed by atoms with Crippen LogP contribution in [-0.2, 0) is 0 Å². The molecule has 5 aromatic rings. The lowest BCUT2D eigenvalue weighted by molar-refractivity contribution is 0.469. The second-order valence-corrected chi connectivity index (χ2v) is 6.35. The number of ether oxygens (including phenoxy) is 1. The van der Waals surface area contributed by atoms with Gasteiger partial charge in [0.15, 0.2) is 5.82 Å². The lowest BCUT2D eigenvalue weighted by Crippen LogP contribution is -1.96. The molecule has 0 fully saturated rings. The highest BCUT2D eigenvalue weighted by Gasteiger charge is 2.11. The standard InChI is InChI=1S/C24H16N2O/c1-2-9-18(10-3-1)23-25-22-13-7-6-12-21(22)24(26-23)27-20-15-14-17-8-4-5-11-19(17)16-20/h1-16H. The number of hydrogen-bond acceptors (Lipinski definition) is 3. The van der Waals surface area contributed by atoms with Crippen LogP contribution < -0.4 is 4.74 Å². The number of aromatic nitrogens is 2. The number of benzene rings is 4. The third-order valence-corrected chi connectivity index (χ3v) is 4.54. The minimum atomic E-state index is 0.565. The van der Waals surface area contributed by atoms with Gasteiger partial charge in [0.25, 0.3) is 0 Å². The van der Waals surface area contributed by atoms with E-state index in [9.17, 15) is 0 Å². The van der Waals surface area contributed by atoms with E-state index < -0.39 is 0 Å². The highest BCUT2D eigenvalue weighted by Crippen LogP contribution is 2.31. The van der Waals surface area contributed by atoms with Gasteiger partial charge in [0.05, 0.1) is 10.9 Å². The molecular formula is C24H16N2O. The number of para-hydroxylation sites is 1. The van der Waals surface area contributed by atoms with Crippen molar-refractivity contribution < 1.29 is 4.74 Å². The van der Waals surface area contributed by atoms with Gasteiger partial charge in [0.2, 0.25) is 5.88 Å². The van der Waals surface area contributed by atoms with Gasteiger partial charge in [-0.1, -0.05) is 72.8 Å². The molecule has 0 aliphatic heterocycles. The summed E-state index contributed by atoms with van der Waals surface area (Å²) in [6, 6.07) is 32.2. The third kappa shape index (κ3) is 3.00. The van der Waals surface area contributed by atoms with E-state index in [1.54, 1.807) is 0 Å². The minimum absolute atomic E-state index is 0.565. The van der Waals surface area contributed by atoms with Crippen LogP contribution in [0.25, 0.3) is 33.1 Å². The van der Waals surface area contributed by atoms with Gasteiger partial charge in [-0.25, -0.2) is 4.98 Å². The fourth-order valence-corrected chi connectivity index (χ4v) is 3.18. The Kier molecular flexibility index (Phi) is 3.76. The normalized spacial score (nSPS) is 11.0. The van der Waals surface area contributed by atoms with Crippen LogP contribution in [0.1, 0.15) is 0 Å². The SMILES string of the molecule is c1ccc(-c2nc(Oc3ccc4ccccc4c3)c3ccccc3n2)cc1. The molecule has 0 saturated carbocycles. The van der Waals surface area contributed by atoms with E-state index in [0.29, 0.717) is 11.7 Å². The van der Waals surface area contributed by atoms with Crippen LogP contribution in [0, 0.1) is 0 Å². The van der Waals surface area contributed by atoms with Gasteiger partial charge in [-0.15, -0.1) is 0 Å². The zero-order chi connectivity index (χ0) is 18.1. The lowest BCUT2D eigenvalue weighted by Gasteiger charge is -2.11. The van der Waals surface area contributed by atoms with E-state index in [4.69, 9.17) is 14.7 Å². The molecule has 0 unspecified atom stereocenters. The van der Waals surface area contributed by atoms with Crippen LogP contribution in [0.3, 0.4) is 0 Å². The molecule has 1 aromatic heterocycles. The van der Waals surface area contributed by atoms with Crippen molar-refractivity contribution in [2.24, 2.45) is 0 Å². The van der Waals surface area contributed by atoms with Gasteiger partial charge in [0.1, 0.15) is 5.75 Å². The summed E-state index contributed by atoms with van der Waals surface area (Å²) in [6.07, 6.45) is 0. The van der Waals surface area contributed by atoms with Gasteiger partial charge in [-0.05, 0) is 35.0 Å². The topological polar surface area (TPSA) is 35.0 Å². The van der Waals surface area contributed by atoms with E-state index in [1.807, 2.05) is 78.9 Å². The van der Waals surface area contributed by atoms with Crippen LogP contribution in [0.15, 0.2) is 97.1 Å². The summed E-state index contributed by atoms with van der Waals surface area (Å²) in [6.45, 7) is 0. The zero-order valence-corrected chi connectivity index (χ0v) is 14.5. The van der Waals surface area contributed by atoms with Crippen molar-refractivity contribution in [3.8, 4) is 23.0 Å². The summed E-state index contributed by atoms with van der Waals surface area (Å²) in [5.74, 6) is 1.98. The maximum Gasteiger partial charge on any atom is 0.230 e. The smallest absolute Gasteiger partial charge is 0.230 e. The van der Waals surface area contributed by atoms with Crippen LogP contribution in [-0.4, -0.2) is 9.97 Å². The molecule has 0 atom stereocenters. The monoisotopic (exact) mass is 348 g/mol. The molecule has 3 heteroatoms. The van der Waals surface area contributed by atoms with Crippen molar-refractivity contribution in [2.75, 3.05) is 0 Å². The summed E-state index contributed by atoms with van der Waals surface area (Å²) in [4.78, 5) is 9.42. The van der Waals surface area contributed by atoms with Crippen molar-refractivity contribution in [1.29, 1.82) is 0 Å². The Labute approximate surface area is 156 Å². The average Bonchev–Trinajstić information content (AvgIpc) is 2.74. The van der Waals surface area contributed by atoms with Gasteiger partial charge < -0.3 is 4.74 Å². The van der Waals surface area contributed by atoms with Crippen molar-refractivity contribution in [3.05, 3.63) is 97.1 Å². The van der Waals surface area contributed by atoms with Crippen molar-refractivity contribution >= 4 is 21.7 Å². The molecule has 4 aromatic carbocycles. The van der Waals surface area contributed by atoms with Crippen molar-refractivity contribution in [3.63, 3.8) is 0 Å². The number of rotatable bonds is 3. The Morgan fingerprint density at radius 3 is 2.22 bits per heavy atom. The van der Waals surface area contributed by atoms with E-state index in [2.05, 4.69) is 18.2 Å². The van der Waals surface area contributed by atoms with Gasteiger partial charge in [-0.2, -0.15) is 4.98 Å². The molecule has 0 radical (unpaired) electrons. The Hall–Kier alpha value is -3.72. The first-order valence-electron chi connectivity index (χ1n) is 8.86. The Balaban J connectivity index is 1.64. The van der Waals surface area contributed by atoms with Crippen molar-refractivity contribution in [1.82, 2.24) is 9.97 Å². The first-order chi connectivity index (χ1) is 13.4. The molecule has 3 nitrogen and oxygen atoms in total. The van der Waals surface area contributed by atoms with E-state index in [0.717, 1.165) is 27.6 Å². The van der Waals surface area contributed by atoms with Crippen LogP contribution in [0.2, 0.25) is 0 Å². The molecule has 27 heavy (non-hydrogen) atoms. The largest absolute Gasteiger partial charge is 0.438 e. The van der Waals surface area contributed by atoms with Crippen LogP contribution >= 0.6 is 0 Å². The van der Waals surface area contributed by atoms with E-state index >= 15 is 0 Å². The maximum atomic E-state index is 6.21. The summed E-state index contributed by atoms with van der Waals surface area (Å²) in [5, 5.41) is 3.21. The molecule has 0 spiro atoms. The molecule has 128 valence electrons. The van der Waals surface area contributed by atoms with Crippen LogP contribution in [0.4, 0.5) is 0 Å². The molecule has 0 N–H and O–H groups in total. The molecule has 1 heterocycles. The Morgan fingerprint density at radius 1 is 0.593 bits per heavy atom. The van der Waals surface area contributed by atoms with Gasteiger partial charge in [-0.3, -0.25) is 0 Å². The predicted octanol–water partition coefficient (Wildman–Crippen LogP) is 6.24. The maximum absolute atomic E-state index is 6.21. The first kappa shape index (κ1) is 15.5. The second-order valence-electron chi connectivity index (χ2n) is 6.35. The number of nitrogens with zero attached hydrogens (tertiary/aromatic N) is 2. The zero-order valence-electron chi connectivity index (χ0n) is 14.5. The number of hydrogen-bond donors (Lipinski definition) is 0. The van der Waals surface area contributed by atoms with Gasteiger partial charge >= 0.3 is 0 Å².